The summed E-state index contributed by atoms with van der Waals surface area (Å²) in [6, 6.07) is 27.7. The summed E-state index contributed by atoms with van der Waals surface area (Å²) >= 11 is 0. The zero-order chi connectivity index (χ0) is 24.8. The molecular weight excluding hydrogens is 456 g/mol. The maximum atomic E-state index is 14.0. The highest BCUT2D eigenvalue weighted by Gasteiger charge is 2.60. The van der Waals surface area contributed by atoms with E-state index in [9.17, 15) is 9.59 Å². The minimum Gasteiger partial charge on any atom is -0.497 e. The number of fused-ring (bicyclic) bond motifs is 2. The molecule has 7 nitrogen and oxygen atoms in total. The molecular formula is C29H24N2O5. The number of hydrogen-bond acceptors (Lipinski definition) is 6. The zero-order valence-corrected chi connectivity index (χ0v) is 19.8. The van der Waals surface area contributed by atoms with Gasteiger partial charge in [0.2, 0.25) is 5.91 Å². The number of rotatable bonds is 5. The quantitative estimate of drug-likeness (QED) is 0.378. The van der Waals surface area contributed by atoms with Crippen molar-refractivity contribution >= 4 is 34.0 Å². The van der Waals surface area contributed by atoms with E-state index < -0.39 is 18.1 Å². The summed E-state index contributed by atoms with van der Waals surface area (Å²) in [6.45, 7) is 0. The lowest BCUT2D eigenvalue weighted by Gasteiger charge is -2.29. The van der Waals surface area contributed by atoms with Gasteiger partial charge in [-0.2, -0.15) is 0 Å². The maximum Gasteiger partial charge on any atom is 0.266 e. The molecule has 0 spiro atoms. The Balaban J connectivity index is 1.44. The normalized spacial score (nSPS) is 21.2. The molecule has 6 rings (SSSR count). The van der Waals surface area contributed by atoms with Crippen molar-refractivity contribution in [3.63, 3.8) is 0 Å². The van der Waals surface area contributed by atoms with Crippen LogP contribution in [0.1, 0.15) is 11.6 Å². The summed E-state index contributed by atoms with van der Waals surface area (Å²) < 4.78 is 10.6. The van der Waals surface area contributed by atoms with Crippen LogP contribution in [0.2, 0.25) is 0 Å². The van der Waals surface area contributed by atoms with Crippen LogP contribution in [-0.4, -0.2) is 32.1 Å². The first-order chi connectivity index (χ1) is 17.6. The van der Waals surface area contributed by atoms with Crippen LogP contribution in [0.25, 0.3) is 10.8 Å². The average molecular weight is 481 g/mol. The van der Waals surface area contributed by atoms with Gasteiger partial charge in [-0.3, -0.25) is 14.4 Å². The predicted octanol–water partition coefficient (Wildman–Crippen LogP) is 4.91. The van der Waals surface area contributed by atoms with Crippen molar-refractivity contribution in [3.05, 3.63) is 96.6 Å². The van der Waals surface area contributed by atoms with Gasteiger partial charge in [0, 0.05) is 5.39 Å². The van der Waals surface area contributed by atoms with Crippen molar-refractivity contribution in [1.29, 1.82) is 0 Å². The smallest absolute Gasteiger partial charge is 0.266 e. The van der Waals surface area contributed by atoms with Crippen LogP contribution >= 0.6 is 0 Å². The fourth-order valence-electron chi connectivity index (χ4n) is 5.15. The molecule has 36 heavy (non-hydrogen) atoms. The first-order valence-electron chi connectivity index (χ1n) is 11.7. The number of nitrogens with zero attached hydrogens (tertiary/aromatic N) is 2. The van der Waals surface area contributed by atoms with E-state index in [1.165, 1.54) is 4.90 Å². The first-order valence-corrected chi connectivity index (χ1v) is 11.7. The fraction of sp³-hybridized carbons (Fsp3) is 0.172. The van der Waals surface area contributed by atoms with Gasteiger partial charge in [-0.15, -0.1) is 0 Å². The van der Waals surface area contributed by atoms with Gasteiger partial charge in [0.15, 0.2) is 6.10 Å². The Bertz CT molecular complexity index is 1450. The van der Waals surface area contributed by atoms with Gasteiger partial charge in [0.05, 0.1) is 31.6 Å². The summed E-state index contributed by atoms with van der Waals surface area (Å²) in [5.41, 5.74) is 2.15. The molecule has 4 aromatic carbocycles. The summed E-state index contributed by atoms with van der Waals surface area (Å²) in [5, 5.41) is 3.47. The SMILES string of the molecule is COc1ccc([C@@H]2[C@H]3C(=O)N(c4cccc5ccccc45)C(=O)[C@H]3ON2c2ccc(OC)cc2)cc1. The van der Waals surface area contributed by atoms with Gasteiger partial charge in [-0.25, -0.2) is 9.96 Å². The summed E-state index contributed by atoms with van der Waals surface area (Å²) in [6.07, 6.45) is -0.939. The van der Waals surface area contributed by atoms with Gasteiger partial charge >= 0.3 is 0 Å². The second kappa shape index (κ2) is 8.70. The molecule has 180 valence electrons. The molecule has 0 aliphatic carbocycles. The molecule has 0 unspecified atom stereocenters. The molecule has 2 heterocycles. The zero-order valence-electron chi connectivity index (χ0n) is 19.8. The number of carbonyl (C=O) groups is 2. The van der Waals surface area contributed by atoms with Gasteiger partial charge in [0.1, 0.15) is 17.4 Å². The summed E-state index contributed by atoms with van der Waals surface area (Å²) in [4.78, 5) is 35.2. The number of imide groups is 1. The number of benzene rings is 4. The highest BCUT2D eigenvalue weighted by molar-refractivity contribution is 6.26. The highest BCUT2D eigenvalue weighted by atomic mass is 16.7. The van der Waals surface area contributed by atoms with Gasteiger partial charge in [0.25, 0.3) is 5.91 Å². The molecule has 2 fully saturated rings. The van der Waals surface area contributed by atoms with Crippen molar-refractivity contribution < 1.29 is 23.9 Å². The molecule has 0 bridgehead atoms. The minimum atomic E-state index is -0.939. The van der Waals surface area contributed by atoms with Crippen LogP contribution in [0.3, 0.4) is 0 Å². The number of carbonyl (C=O) groups excluding carboxylic acids is 2. The third kappa shape index (κ3) is 3.39. The molecule has 2 amide bonds. The van der Waals surface area contributed by atoms with Crippen molar-refractivity contribution in [1.82, 2.24) is 0 Å². The monoisotopic (exact) mass is 480 g/mol. The molecule has 2 aliphatic rings. The lowest BCUT2D eigenvalue weighted by Crippen LogP contribution is -2.37. The van der Waals surface area contributed by atoms with E-state index in [4.69, 9.17) is 14.3 Å². The van der Waals surface area contributed by atoms with Crippen LogP contribution < -0.4 is 19.4 Å². The van der Waals surface area contributed by atoms with E-state index in [0.29, 0.717) is 17.2 Å². The molecule has 0 saturated carbocycles. The Labute approximate surface area is 208 Å². The molecule has 0 aromatic heterocycles. The van der Waals surface area contributed by atoms with Crippen molar-refractivity contribution in [2.45, 2.75) is 12.1 Å². The predicted molar refractivity (Wildman–Crippen MR) is 136 cm³/mol. The average Bonchev–Trinajstić information content (AvgIpc) is 3.44. The number of amides is 2. The molecule has 4 aromatic rings. The molecule has 2 saturated heterocycles. The second-order valence-corrected chi connectivity index (χ2v) is 8.80. The van der Waals surface area contributed by atoms with Crippen LogP contribution in [0.15, 0.2) is 91.0 Å². The topological polar surface area (TPSA) is 68.3 Å². The highest BCUT2D eigenvalue weighted by Crippen LogP contribution is 2.48. The van der Waals surface area contributed by atoms with E-state index >= 15 is 0 Å². The van der Waals surface area contributed by atoms with Crippen LogP contribution in [0, 0.1) is 5.92 Å². The number of methoxy groups -OCH3 is 2. The Hall–Kier alpha value is -4.36. The van der Waals surface area contributed by atoms with E-state index in [1.807, 2.05) is 91.0 Å². The van der Waals surface area contributed by atoms with Gasteiger partial charge < -0.3 is 9.47 Å². The fourth-order valence-corrected chi connectivity index (χ4v) is 5.15. The largest absolute Gasteiger partial charge is 0.497 e. The van der Waals surface area contributed by atoms with Crippen molar-refractivity contribution in [3.8, 4) is 11.5 Å². The molecule has 0 radical (unpaired) electrons. The second-order valence-electron chi connectivity index (χ2n) is 8.80. The third-order valence-corrected chi connectivity index (χ3v) is 6.91. The van der Waals surface area contributed by atoms with E-state index in [1.54, 1.807) is 19.3 Å². The number of ether oxygens (including phenoxy) is 2. The maximum absolute atomic E-state index is 14.0. The Morgan fingerprint density at radius 2 is 1.36 bits per heavy atom. The number of hydroxylamine groups is 1. The van der Waals surface area contributed by atoms with Crippen molar-refractivity contribution in [2.75, 3.05) is 24.2 Å². The van der Waals surface area contributed by atoms with E-state index in [0.717, 1.165) is 22.0 Å². The number of anilines is 2. The third-order valence-electron chi connectivity index (χ3n) is 6.91. The van der Waals surface area contributed by atoms with E-state index in [2.05, 4.69) is 0 Å². The lowest BCUT2D eigenvalue weighted by atomic mass is 9.90. The molecule has 2 aliphatic heterocycles. The molecule has 3 atom stereocenters. The molecule has 7 heteroatoms. The summed E-state index contributed by atoms with van der Waals surface area (Å²) in [5.74, 6) is 0.0471. The van der Waals surface area contributed by atoms with Crippen molar-refractivity contribution in [2.24, 2.45) is 5.92 Å². The Kier molecular flexibility index (Phi) is 5.34. The first kappa shape index (κ1) is 22.1. The standard InChI is InChI=1S/C29H24N2O5/c1-34-21-14-10-19(11-15-21)26-25-27(36-31(26)20-12-16-22(35-2)17-13-20)29(33)30(28(25)32)24-9-5-7-18-6-3-4-8-23(18)24/h3-17,25-27H,1-2H3/t25-,26-,27+/m1/s1. The van der Waals surface area contributed by atoms with Gasteiger partial charge in [-0.1, -0.05) is 48.5 Å². The number of hydrogen-bond donors (Lipinski definition) is 0. The molecule has 0 N–H and O–H groups in total. The van der Waals surface area contributed by atoms with Gasteiger partial charge in [-0.05, 0) is 53.4 Å². The Morgan fingerprint density at radius 3 is 2.06 bits per heavy atom. The van der Waals surface area contributed by atoms with E-state index in [-0.39, 0.29) is 11.8 Å². The Morgan fingerprint density at radius 1 is 0.722 bits per heavy atom. The van der Waals surface area contributed by atoms with Crippen LogP contribution in [-0.2, 0) is 14.4 Å². The minimum absolute atomic E-state index is 0.279. The summed E-state index contributed by atoms with van der Waals surface area (Å²) in [7, 11) is 3.21. The van der Waals surface area contributed by atoms with Crippen LogP contribution in [0.5, 0.6) is 11.5 Å². The lowest BCUT2D eigenvalue weighted by molar-refractivity contribution is -0.126. The van der Waals surface area contributed by atoms with Crippen LogP contribution in [0.4, 0.5) is 11.4 Å².